The minimum absolute atomic E-state index is 0.117. The van der Waals surface area contributed by atoms with Crippen LogP contribution in [-0.4, -0.2) is 10.2 Å². The van der Waals surface area contributed by atoms with Crippen molar-refractivity contribution in [2.45, 2.75) is 13.8 Å². The number of benzene rings is 2. The Morgan fingerprint density at radius 2 is 1.71 bits per heavy atom. The van der Waals surface area contributed by atoms with E-state index in [0.717, 1.165) is 32.6 Å². The molecule has 6 heteroatoms. The van der Waals surface area contributed by atoms with Gasteiger partial charge in [0.1, 0.15) is 11.5 Å². The summed E-state index contributed by atoms with van der Waals surface area (Å²) in [6.45, 7) is 3.98. The molecule has 0 aliphatic carbocycles. The molecule has 1 amide bonds. The monoisotopic (exact) mass is 469 g/mol. The standard InChI is InChI=1S/C22H16BrNO2S2/c1-13-4-3-5-14(2)20(13)24-21(25)19(28-22(24)27)12-17-10-11-18(26-17)15-6-8-16(23)9-7-15/h3-12H,1-2H3/b19-12+. The lowest BCUT2D eigenvalue weighted by Gasteiger charge is -2.19. The summed E-state index contributed by atoms with van der Waals surface area (Å²) < 4.78 is 7.47. The number of thioether (sulfide) groups is 1. The van der Waals surface area contributed by atoms with Crippen LogP contribution in [0.1, 0.15) is 16.9 Å². The zero-order valence-corrected chi connectivity index (χ0v) is 18.5. The highest BCUT2D eigenvalue weighted by Gasteiger charge is 2.35. The number of carbonyl (C=O) groups excluding carboxylic acids is 1. The van der Waals surface area contributed by atoms with Gasteiger partial charge in [0, 0.05) is 16.1 Å². The van der Waals surface area contributed by atoms with Crippen LogP contribution >= 0.6 is 39.9 Å². The van der Waals surface area contributed by atoms with Crippen LogP contribution in [0, 0.1) is 13.8 Å². The van der Waals surface area contributed by atoms with Gasteiger partial charge in [-0.2, -0.15) is 0 Å². The lowest BCUT2D eigenvalue weighted by Crippen LogP contribution is -2.29. The number of halogens is 1. The normalized spacial score (nSPS) is 15.7. The van der Waals surface area contributed by atoms with Crippen molar-refractivity contribution in [1.82, 2.24) is 0 Å². The highest BCUT2D eigenvalue weighted by atomic mass is 79.9. The predicted molar refractivity (Wildman–Crippen MR) is 123 cm³/mol. The molecule has 2 heterocycles. The van der Waals surface area contributed by atoms with E-state index in [1.807, 2.05) is 68.4 Å². The Morgan fingerprint density at radius 3 is 2.39 bits per heavy atom. The molecule has 3 aromatic rings. The maximum Gasteiger partial charge on any atom is 0.270 e. The number of amides is 1. The van der Waals surface area contributed by atoms with Crippen LogP contribution in [0.25, 0.3) is 17.4 Å². The molecule has 140 valence electrons. The zero-order valence-electron chi connectivity index (χ0n) is 15.2. The van der Waals surface area contributed by atoms with Gasteiger partial charge in [-0.25, -0.2) is 0 Å². The first-order valence-corrected chi connectivity index (χ1v) is 10.7. The molecule has 1 aromatic heterocycles. The van der Waals surface area contributed by atoms with Gasteiger partial charge < -0.3 is 4.42 Å². The molecule has 0 radical (unpaired) electrons. The van der Waals surface area contributed by atoms with E-state index in [0.29, 0.717) is 15.0 Å². The fourth-order valence-corrected chi connectivity index (χ4v) is 4.66. The fourth-order valence-electron chi connectivity index (χ4n) is 3.15. The van der Waals surface area contributed by atoms with Gasteiger partial charge in [0.25, 0.3) is 5.91 Å². The number of carbonyl (C=O) groups is 1. The summed E-state index contributed by atoms with van der Waals surface area (Å²) in [5.41, 5.74) is 3.88. The molecule has 2 aromatic carbocycles. The molecule has 3 nitrogen and oxygen atoms in total. The average molecular weight is 470 g/mol. The molecule has 0 atom stereocenters. The Balaban J connectivity index is 1.64. The molecule has 0 N–H and O–H groups in total. The van der Waals surface area contributed by atoms with Gasteiger partial charge in [-0.05, 0) is 49.2 Å². The number of anilines is 1. The molecule has 0 bridgehead atoms. The minimum atomic E-state index is -0.117. The Labute approximate surface area is 181 Å². The van der Waals surface area contributed by atoms with Crippen molar-refractivity contribution in [3.63, 3.8) is 0 Å². The minimum Gasteiger partial charge on any atom is -0.457 e. The van der Waals surface area contributed by atoms with E-state index in [1.54, 1.807) is 11.0 Å². The number of para-hydroxylation sites is 1. The molecular formula is C22H16BrNO2S2. The fraction of sp³-hybridized carbons (Fsp3) is 0.0909. The first-order chi connectivity index (χ1) is 13.4. The van der Waals surface area contributed by atoms with Crippen molar-refractivity contribution < 1.29 is 9.21 Å². The van der Waals surface area contributed by atoms with Crippen molar-refractivity contribution in [1.29, 1.82) is 0 Å². The summed E-state index contributed by atoms with van der Waals surface area (Å²) in [4.78, 5) is 15.2. The Hall–Kier alpha value is -2.15. The number of aryl methyl sites for hydroxylation is 2. The molecule has 0 unspecified atom stereocenters. The van der Waals surface area contributed by atoms with Gasteiger partial charge in [-0.3, -0.25) is 9.69 Å². The third-order valence-corrected chi connectivity index (χ3v) is 6.32. The molecule has 1 fully saturated rings. The first-order valence-electron chi connectivity index (χ1n) is 8.64. The summed E-state index contributed by atoms with van der Waals surface area (Å²) in [6, 6.07) is 17.6. The van der Waals surface area contributed by atoms with Crippen LogP contribution in [-0.2, 0) is 4.79 Å². The highest BCUT2D eigenvalue weighted by molar-refractivity contribution is 9.10. The van der Waals surface area contributed by atoms with E-state index in [1.165, 1.54) is 11.8 Å². The summed E-state index contributed by atoms with van der Waals surface area (Å²) in [6.07, 6.45) is 1.76. The summed E-state index contributed by atoms with van der Waals surface area (Å²) in [5.74, 6) is 1.26. The SMILES string of the molecule is Cc1cccc(C)c1N1C(=O)/C(=C\c2ccc(-c3ccc(Br)cc3)o2)SC1=S. The second kappa shape index (κ2) is 7.70. The van der Waals surface area contributed by atoms with Gasteiger partial charge in [-0.15, -0.1) is 0 Å². The van der Waals surface area contributed by atoms with Crippen LogP contribution in [0.3, 0.4) is 0 Å². The number of rotatable bonds is 3. The Bertz CT molecular complexity index is 1100. The van der Waals surface area contributed by atoms with E-state index in [-0.39, 0.29) is 5.91 Å². The number of nitrogens with zero attached hydrogens (tertiary/aromatic N) is 1. The lowest BCUT2D eigenvalue weighted by molar-refractivity contribution is -0.113. The summed E-state index contributed by atoms with van der Waals surface area (Å²) >= 11 is 10.2. The van der Waals surface area contributed by atoms with Gasteiger partial charge in [0.05, 0.1) is 10.6 Å². The topological polar surface area (TPSA) is 33.5 Å². The first kappa shape index (κ1) is 19.2. The molecule has 28 heavy (non-hydrogen) atoms. The van der Waals surface area contributed by atoms with E-state index < -0.39 is 0 Å². The van der Waals surface area contributed by atoms with Gasteiger partial charge >= 0.3 is 0 Å². The maximum absolute atomic E-state index is 13.0. The predicted octanol–water partition coefficient (Wildman–Crippen LogP) is 6.73. The summed E-state index contributed by atoms with van der Waals surface area (Å²) in [7, 11) is 0. The number of hydrogen-bond donors (Lipinski definition) is 0. The Kier molecular flexibility index (Phi) is 5.27. The van der Waals surface area contributed by atoms with Crippen LogP contribution in [0.2, 0.25) is 0 Å². The third-order valence-electron chi connectivity index (χ3n) is 4.49. The maximum atomic E-state index is 13.0. The van der Waals surface area contributed by atoms with E-state index >= 15 is 0 Å². The molecule has 1 aliphatic heterocycles. The smallest absolute Gasteiger partial charge is 0.270 e. The van der Waals surface area contributed by atoms with Crippen molar-refractivity contribution in [3.8, 4) is 11.3 Å². The van der Waals surface area contributed by atoms with Crippen molar-refractivity contribution in [2.75, 3.05) is 4.90 Å². The molecule has 1 saturated heterocycles. The third kappa shape index (κ3) is 3.60. The van der Waals surface area contributed by atoms with Gasteiger partial charge in [0.15, 0.2) is 4.32 Å². The van der Waals surface area contributed by atoms with Crippen LogP contribution < -0.4 is 4.90 Å². The largest absolute Gasteiger partial charge is 0.457 e. The molecular weight excluding hydrogens is 454 g/mol. The van der Waals surface area contributed by atoms with Crippen LogP contribution in [0.5, 0.6) is 0 Å². The van der Waals surface area contributed by atoms with Gasteiger partial charge in [-0.1, -0.05) is 70.2 Å². The second-order valence-corrected chi connectivity index (χ2v) is 9.06. The van der Waals surface area contributed by atoms with E-state index in [9.17, 15) is 4.79 Å². The number of furan rings is 1. The zero-order chi connectivity index (χ0) is 19.8. The number of hydrogen-bond acceptors (Lipinski definition) is 4. The highest BCUT2D eigenvalue weighted by Crippen LogP contribution is 2.39. The van der Waals surface area contributed by atoms with E-state index in [2.05, 4.69) is 15.9 Å². The Morgan fingerprint density at radius 1 is 1.04 bits per heavy atom. The van der Waals surface area contributed by atoms with Crippen LogP contribution in [0.4, 0.5) is 5.69 Å². The molecule has 0 spiro atoms. The second-order valence-electron chi connectivity index (χ2n) is 6.47. The number of thiocarbonyl (C=S) groups is 1. The average Bonchev–Trinajstić information content (AvgIpc) is 3.22. The molecule has 1 aliphatic rings. The van der Waals surface area contributed by atoms with E-state index in [4.69, 9.17) is 16.6 Å². The quantitative estimate of drug-likeness (QED) is 0.314. The van der Waals surface area contributed by atoms with Crippen molar-refractivity contribution >= 4 is 61.9 Å². The van der Waals surface area contributed by atoms with Crippen LogP contribution in [0.15, 0.2) is 68.4 Å². The molecule has 0 saturated carbocycles. The lowest BCUT2D eigenvalue weighted by atomic mass is 10.1. The van der Waals surface area contributed by atoms with Crippen molar-refractivity contribution in [3.05, 3.63) is 80.9 Å². The summed E-state index contributed by atoms with van der Waals surface area (Å²) in [5, 5.41) is 0. The van der Waals surface area contributed by atoms with Crippen molar-refractivity contribution in [2.24, 2.45) is 0 Å². The van der Waals surface area contributed by atoms with Gasteiger partial charge in [0.2, 0.25) is 0 Å². The molecule has 4 rings (SSSR count).